The minimum absolute atomic E-state index is 1.03. The first-order chi connectivity index (χ1) is 7.68. The normalized spacial score (nSPS) is 10.7. The Morgan fingerprint density at radius 1 is 1.31 bits per heavy atom. The molecule has 1 nitrogen and oxygen atoms in total. The van der Waals surface area contributed by atoms with Crippen LogP contribution in [0.2, 0.25) is 0 Å². The average Bonchev–Trinajstić information content (AvgIpc) is 2.55. The van der Waals surface area contributed by atoms with Crippen LogP contribution in [0.4, 0.5) is 0 Å². The van der Waals surface area contributed by atoms with Crippen molar-refractivity contribution < 1.29 is 0 Å². The van der Waals surface area contributed by atoms with Crippen molar-refractivity contribution in [1.82, 2.24) is 4.57 Å². The van der Waals surface area contributed by atoms with Crippen LogP contribution in [0.15, 0.2) is 46.6 Å². The fourth-order valence-electron chi connectivity index (χ4n) is 1.89. The maximum Gasteiger partial charge on any atom is 0.0857 e. The molecule has 2 heteroatoms. The van der Waals surface area contributed by atoms with Crippen LogP contribution >= 0.6 is 15.9 Å². The Balaban J connectivity index is 2.29. The number of halogens is 1. The lowest BCUT2D eigenvalue weighted by Gasteiger charge is -2.05. The molecule has 0 atom stereocenters. The Hall–Kier alpha value is -1.02. The molecule has 1 aromatic carbocycles. The van der Waals surface area contributed by atoms with Gasteiger partial charge in [-0.3, -0.25) is 0 Å². The Kier molecular flexibility index (Phi) is 3.49. The van der Waals surface area contributed by atoms with Gasteiger partial charge >= 0.3 is 0 Å². The van der Waals surface area contributed by atoms with Crippen molar-refractivity contribution >= 4 is 26.8 Å². The molecule has 1 aromatic heterocycles. The molecular weight excluding hydrogens is 262 g/mol. The van der Waals surface area contributed by atoms with Crippen LogP contribution in [0.5, 0.6) is 0 Å². The van der Waals surface area contributed by atoms with Gasteiger partial charge in [-0.25, -0.2) is 0 Å². The molecule has 0 unspecified atom stereocenters. The van der Waals surface area contributed by atoms with Gasteiger partial charge in [0.25, 0.3) is 0 Å². The molecule has 1 heterocycles. The van der Waals surface area contributed by atoms with Crippen molar-refractivity contribution in [3.8, 4) is 0 Å². The average molecular weight is 278 g/mol. The van der Waals surface area contributed by atoms with Gasteiger partial charge in [-0.05, 0) is 48.3 Å². The van der Waals surface area contributed by atoms with E-state index in [1.165, 1.54) is 16.5 Å². The van der Waals surface area contributed by atoms with Crippen LogP contribution in [-0.2, 0) is 6.54 Å². The molecule has 0 saturated heterocycles. The number of fused-ring (bicyclic) bond motifs is 1. The summed E-state index contributed by atoms with van der Waals surface area (Å²) in [5.41, 5.74) is 2.68. The van der Waals surface area contributed by atoms with E-state index in [4.69, 9.17) is 0 Å². The first-order valence-corrected chi connectivity index (χ1v) is 6.35. The summed E-state index contributed by atoms with van der Waals surface area (Å²) >= 11 is 3.62. The lowest BCUT2D eigenvalue weighted by Crippen LogP contribution is -1.96. The number of nitrogens with zero attached hydrogens (tertiary/aromatic N) is 1. The van der Waals surface area contributed by atoms with Gasteiger partial charge < -0.3 is 4.57 Å². The topological polar surface area (TPSA) is 4.93 Å². The van der Waals surface area contributed by atoms with Crippen molar-refractivity contribution in [3.05, 3.63) is 46.6 Å². The predicted octanol–water partition coefficient (Wildman–Crippen LogP) is 4.76. The molecule has 2 aromatic rings. The third kappa shape index (κ3) is 2.38. The number of benzene rings is 1. The van der Waals surface area contributed by atoms with Crippen molar-refractivity contribution in [2.45, 2.75) is 26.8 Å². The van der Waals surface area contributed by atoms with Gasteiger partial charge in [-0.2, -0.15) is 0 Å². The fraction of sp³-hybridized carbons (Fsp3) is 0.286. The number of para-hydroxylation sites is 1. The Labute approximate surface area is 105 Å². The second-order valence-corrected chi connectivity index (χ2v) is 5.06. The molecule has 2 rings (SSSR count). The third-order valence-corrected chi connectivity index (χ3v) is 3.32. The molecule has 16 heavy (non-hydrogen) atoms. The number of aryl methyl sites for hydroxylation is 1. The number of aromatic nitrogens is 1. The Bertz CT molecular complexity index is 519. The van der Waals surface area contributed by atoms with E-state index in [0.717, 1.165) is 17.6 Å². The highest BCUT2D eigenvalue weighted by atomic mass is 79.9. The van der Waals surface area contributed by atoms with E-state index in [1.807, 2.05) is 0 Å². The lowest BCUT2D eigenvalue weighted by molar-refractivity contribution is 0.721. The van der Waals surface area contributed by atoms with E-state index in [0.29, 0.717) is 0 Å². The summed E-state index contributed by atoms with van der Waals surface area (Å²) in [4.78, 5) is 0. The van der Waals surface area contributed by atoms with E-state index in [1.54, 1.807) is 0 Å². The van der Waals surface area contributed by atoms with E-state index in [9.17, 15) is 0 Å². The maximum atomic E-state index is 3.62. The highest BCUT2D eigenvalue weighted by molar-refractivity contribution is 9.10. The van der Waals surface area contributed by atoms with E-state index in [2.05, 4.69) is 70.8 Å². The van der Waals surface area contributed by atoms with Gasteiger partial charge in [-0.15, -0.1) is 0 Å². The van der Waals surface area contributed by atoms with Crippen LogP contribution in [-0.4, -0.2) is 4.57 Å². The van der Waals surface area contributed by atoms with Gasteiger partial charge in [0, 0.05) is 17.4 Å². The smallest absolute Gasteiger partial charge is 0.0857 e. The first kappa shape index (κ1) is 11.5. The summed E-state index contributed by atoms with van der Waals surface area (Å²) in [5.74, 6) is 0. The highest BCUT2D eigenvalue weighted by Crippen LogP contribution is 2.24. The minimum atomic E-state index is 1.03. The van der Waals surface area contributed by atoms with Gasteiger partial charge in [0.2, 0.25) is 0 Å². The SMILES string of the molecule is CC(C)=CCCn1c(Br)cc2ccccc21. The lowest BCUT2D eigenvalue weighted by atomic mass is 10.2. The standard InChI is InChI=1S/C14H16BrN/c1-11(2)6-5-9-16-13-8-4-3-7-12(13)10-14(16)15/h3-4,6-8,10H,5,9H2,1-2H3. The van der Waals surface area contributed by atoms with Crippen molar-refractivity contribution in [2.75, 3.05) is 0 Å². The minimum Gasteiger partial charge on any atom is -0.335 e. The van der Waals surface area contributed by atoms with Crippen LogP contribution in [0.1, 0.15) is 20.3 Å². The van der Waals surface area contributed by atoms with Crippen LogP contribution in [0.25, 0.3) is 10.9 Å². The predicted molar refractivity (Wildman–Crippen MR) is 73.7 cm³/mol. The van der Waals surface area contributed by atoms with E-state index < -0.39 is 0 Å². The second kappa shape index (κ2) is 4.88. The monoisotopic (exact) mass is 277 g/mol. The molecule has 0 amide bonds. The quantitative estimate of drug-likeness (QED) is 0.713. The summed E-state index contributed by atoms with van der Waals surface area (Å²) < 4.78 is 3.48. The molecule has 0 aliphatic heterocycles. The zero-order valence-corrected chi connectivity index (χ0v) is 11.3. The second-order valence-electron chi connectivity index (χ2n) is 4.25. The number of rotatable bonds is 3. The van der Waals surface area contributed by atoms with Crippen LogP contribution in [0, 0.1) is 0 Å². The number of hydrogen-bond donors (Lipinski definition) is 0. The van der Waals surface area contributed by atoms with Gasteiger partial charge in [0.15, 0.2) is 0 Å². The van der Waals surface area contributed by atoms with Crippen LogP contribution < -0.4 is 0 Å². The molecule has 84 valence electrons. The van der Waals surface area contributed by atoms with Crippen molar-refractivity contribution in [2.24, 2.45) is 0 Å². The van der Waals surface area contributed by atoms with Gasteiger partial charge in [-0.1, -0.05) is 29.8 Å². The molecule has 0 radical (unpaired) electrons. The highest BCUT2D eigenvalue weighted by Gasteiger charge is 2.04. The van der Waals surface area contributed by atoms with Gasteiger partial charge in [0.05, 0.1) is 4.60 Å². The summed E-state index contributed by atoms with van der Waals surface area (Å²) in [6.45, 7) is 5.31. The molecule has 0 bridgehead atoms. The van der Waals surface area contributed by atoms with Crippen molar-refractivity contribution in [3.63, 3.8) is 0 Å². The number of hydrogen-bond acceptors (Lipinski definition) is 0. The molecule has 0 fully saturated rings. The summed E-state index contributed by atoms with van der Waals surface area (Å²) in [7, 11) is 0. The third-order valence-electron chi connectivity index (χ3n) is 2.67. The summed E-state index contributed by atoms with van der Waals surface area (Å²) in [5, 5.41) is 1.30. The van der Waals surface area contributed by atoms with Crippen molar-refractivity contribution in [1.29, 1.82) is 0 Å². The zero-order valence-electron chi connectivity index (χ0n) is 9.70. The van der Waals surface area contributed by atoms with Gasteiger partial charge in [0.1, 0.15) is 0 Å². The fourth-order valence-corrected chi connectivity index (χ4v) is 2.50. The number of allylic oxidation sites excluding steroid dienone is 2. The Morgan fingerprint density at radius 2 is 2.06 bits per heavy atom. The van der Waals surface area contributed by atoms with E-state index in [-0.39, 0.29) is 0 Å². The van der Waals surface area contributed by atoms with E-state index >= 15 is 0 Å². The molecule has 0 spiro atoms. The summed E-state index contributed by atoms with van der Waals surface area (Å²) in [6, 6.07) is 10.7. The molecule has 0 aliphatic rings. The Morgan fingerprint density at radius 3 is 2.81 bits per heavy atom. The molecular formula is C14H16BrN. The molecule has 0 aliphatic carbocycles. The maximum absolute atomic E-state index is 3.62. The first-order valence-electron chi connectivity index (χ1n) is 5.55. The summed E-state index contributed by atoms with van der Waals surface area (Å²) in [6.07, 6.45) is 3.36. The zero-order chi connectivity index (χ0) is 11.5. The largest absolute Gasteiger partial charge is 0.335 e. The van der Waals surface area contributed by atoms with Crippen LogP contribution in [0.3, 0.4) is 0 Å². The molecule has 0 N–H and O–H groups in total. The molecule has 0 saturated carbocycles.